The quantitative estimate of drug-likeness (QED) is 0.614. The topological polar surface area (TPSA) is 83.7 Å². The molecule has 0 aromatic heterocycles. The number of nitro benzene ring substituents is 1. The zero-order valence-corrected chi connectivity index (χ0v) is 14.8. The van der Waals surface area contributed by atoms with Crippen molar-refractivity contribution in [3.8, 4) is 0 Å². The van der Waals surface area contributed by atoms with Crippen LogP contribution in [0.2, 0.25) is 0 Å². The van der Waals surface area contributed by atoms with Gasteiger partial charge in [-0.05, 0) is 62.0 Å². The van der Waals surface area contributed by atoms with E-state index in [4.69, 9.17) is 0 Å². The number of piperidine rings is 1. The molecule has 0 saturated carbocycles. The van der Waals surface area contributed by atoms with E-state index in [2.05, 4.69) is 4.90 Å². The summed E-state index contributed by atoms with van der Waals surface area (Å²) < 4.78 is 13.0. The maximum Gasteiger partial charge on any atom is 0.336 e. The number of nitro groups is 1. The molecule has 0 spiro atoms. The number of rotatable bonds is 6. The Morgan fingerprint density at radius 1 is 1.19 bits per heavy atom. The summed E-state index contributed by atoms with van der Waals surface area (Å²) in [5, 5.41) is 20.6. The number of aromatic carboxylic acids is 1. The Labute approximate surface area is 156 Å². The second-order valence-electron chi connectivity index (χ2n) is 6.92. The summed E-state index contributed by atoms with van der Waals surface area (Å²) in [6.45, 7) is 1.75. The Kier molecular flexibility index (Phi) is 5.81. The van der Waals surface area contributed by atoms with Crippen LogP contribution in [0.3, 0.4) is 0 Å². The highest BCUT2D eigenvalue weighted by Gasteiger charge is 2.26. The van der Waals surface area contributed by atoms with Crippen molar-refractivity contribution in [3.05, 3.63) is 75.1 Å². The number of carbonyl (C=O) groups is 1. The van der Waals surface area contributed by atoms with E-state index in [1.54, 1.807) is 12.1 Å². The van der Waals surface area contributed by atoms with Crippen LogP contribution in [0.5, 0.6) is 0 Å². The van der Waals surface area contributed by atoms with Gasteiger partial charge >= 0.3 is 5.97 Å². The van der Waals surface area contributed by atoms with Crippen LogP contribution in [0.1, 0.15) is 34.3 Å². The van der Waals surface area contributed by atoms with Gasteiger partial charge in [-0.3, -0.25) is 15.0 Å². The molecule has 1 N–H and O–H groups in total. The van der Waals surface area contributed by atoms with Crippen molar-refractivity contribution < 1.29 is 19.2 Å². The Balaban J connectivity index is 1.65. The van der Waals surface area contributed by atoms with Crippen LogP contribution >= 0.6 is 0 Å². The summed E-state index contributed by atoms with van der Waals surface area (Å²) in [6.07, 6.45) is 2.71. The molecule has 7 heteroatoms. The molecule has 2 aromatic rings. The normalized spacial score (nSPS) is 15.6. The summed E-state index contributed by atoms with van der Waals surface area (Å²) in [6, 6.07) is 10.7. The van der Waals surface area contributed by atoms with E-state index in [-0.39, 0.29) is 29.2 Å². The molecule has 0 aliphatic carbocycles. The SMILES string of the molecule is O=C(O)c1cccc([N+](=O)[O-])c1CN1CCC(Cc2ccc(F)cc2)CC1. The molecule has 1 saturated heterocycles. The molecule has 0 unspecified atom stereocenters. The molecule has 1 fully saturated rings. The molecule has 3 rings (SSSR count). The van der Waals surface area contributed by atoms with Gasteiger partial charge in [-0.15, -0.1) is 0 Å². The van der Waals surface area contributed by atoms with Crippen LogP contribution in [0.4, 0.5) is 10.1 Å². The number of halogens is 1. The molecule has 6 nitrogen and oxygen atoms in total. The van der Waals surface area contributed by atoms with Gasteiger partial charge in [-0.1, -0.05) is 18.2 Å². The van der Waals surface area contributed by atoms with Crippen LogP contribution in [0, 0.1) is 21.8 Å². The second kappa shape index (κ2) is 8.26. The minimum Gasteiger partial charge on any atom is -0.478 e. The number of carboxylic acid groups (broad SMARTS) is 1. The van der Waals surface area contributed by atoms with Crippen molar-refractivity contribution in [1.82, 2.24) is 4.90 Å². The van der Waals surface area contributed by atoms with Gasteiger partial charge in [0.05, 0.1) is 16.1 Å². The highest BCUT2D eigenvalue weighted by molar-refractivity contribution is 5.90. The smallest absolute Gasteiger partial charge is 0.336 e. The number of nitrogens with zero attached hydrogens (tertiary/aromatic N) is 2. The van der Waals surface area contributed by atoms with Crippen molar-refractivity contribution in [2.45, 2.75) is 25.8 Å². The van der Waals surface area contributed by atoms with Crippen LogP contribution in [0.25, 0.3) is 0 Å². The van der Waals surface area contributed by atoms with E-state index in [1.165, 1.54) is 30.3 Å². The molecular formula is C20H21FN2O4. The summed E-state index contributed by atoms with van der Waals surface area (Å²) in [5.41, 5.74) is 1.19. The summed E-state index contributed by atoms with van der Waals surface area (Å²) >= 11 is 0. The zero-order chi connectivity index (χ0) is 19.4. The number of likely N-dealkylation sites (tertiary alicyclic amines) is 1. The van der Waals surface area contributed by atoms with Gasteiger partial charge in [0.2, 0.25) is 0 Å². The van der Waals surface area contributed by atoms with Gasteiger partial charge in [0.1, 0.15) is 5.82 Å². The van der Waals surface area contributed by atoms with E-state index < -0.39 is 10.9 Å². The predicted octanol–water partition coefficient (Wildman–Crippen LogP) is 3.89. The van der Waals surface area contributed by atoms with Crippen LogP contribution in [0.15, 0.2) is 42.5 Å². The third-order valence-electron chi connectivity index (χ3n) is 5.10. The van der Waals surface area contributed by atoms with Crippen LogP contribution < -0.4 is 0 Å². The Morgan fingerprint density at radius 2 is 1.85 bits per heavy atom. The average Bonchev–Trinajstić information content (AvgIpc) is 2.65. The van der Waals surface area contributed by atoms with Crippen molar-refractivity contribution in [2.75, 3.05) is 13.1 Å². The molecule has 0 bridgehead atoms. The number of hydrogen-bond donors (Lipinski definition) is 1. The third-order valence-corrected chi connectivity index (χ3v) is 5.10. The van der Waals surface area contributed by atoms with Crippen molar-refractivity contribution in [3.63, 3.8) is 0 Å². The first-order valence-corrected chi connectivity index (χ1v) is 8.90. The molecule has 27 heavy (non-hydrogen) atoms. The lowest BCUT2D eigenvalue weighted by atomic mass is 9.90. The third kappa shape index (κ3) is 4.68. The average molecular weight is 372 g/mol. The van der Waals surface area contributed by atoms with Gasteiger partial charge < -0.3 is 5.11 Å². The van der Waals surface area contributed by atoms with E-state index >= 15 is 0 Å². The first-order chi connectivity index (χ1) is 12.9. The van der Waals surface area contributed by atoms with Gasteiger partial charge in [0, 0.05) is 12.6 Å². The van der Waals surface area contributed by atoms with Crippen LogP contribution in [-0.2, 0) is 13.0 Å². The molecule has 1 aliphatic heterocycles. The highest BCUT2D eigenvalue weighted by atomic mass is 19.1. The van der Waals surface area contributed by atoms with E-state index in [0.717, 1.165) is 37.9 Å². The molecule has 142 valence electrons. The molecule has 1 heterocycles. The molecule has 1 aliphatic rings. The maximum atomic E-state index is 13.0. The van der Waals surface area contributed by atoms with E-state index in [0.29, 0.717) is 5.92 Å². The molecule has 2 aromatic carbocycles. The Hall–Kier alpha value is -2.80. The number of carboxylic acids is 1. The van der Waals surface area contributed by atoms with E-state index in [9.17, 15) is 24.4 Å². The maximum absolute atomic E-state index is 13.0. The monoisotopic (exact) mass is 372 g/mol. The second-order valence-corrected chi connectivity index (χ2v) is 6.92. The van der Waals surface area contributed by atoms with E-state index in [1.807, 2.05) is 0 Å². The van der Waals surface area contributed by atoms with Gasteiger partial charge in [-0.25, -0.2) is 9.18 Å². The lowest BCUT2D eigenvalue weighted by Crippen LogP contribution is -2.34. The molecule has 0 radical (unpaired) electrons. The van der Waals surface area contributed by atoms with Gasteiger partial charge in [0.15, 0.2) is 0 Å². The summed E-state index contributed by atoms with van der Waals surface area (Å²) in [4.78, 5) is 24.3. The Morgan fingerprint density at radius 3 is 2.44 bits per heavy atom. The first-order valence-electron chi connectivity index (χ1n) is 8.90. The fourth-order valence-electron chi connectivity index (χ4n) is 3.64. The van der Waals surface area contributed by atoms with Crippen molar-refractivity contribution in [1.29, 1.82) is 0 Å². The zero-order valence-electron chi connectivity index (χ0n) is 14.8. The van der Waals surface area contributed by atoms with Crippen molar-refractivity contribution >= 4 is 11.7 Å². The lowest BCUT2D eigenvalue weighted by molar-refractivity contribution is -0.385. The Bertz CT molecular complexity index is 798. The number of hydrogen-bond acceptors (Lipinski definition) is 4. The van der Waals surface area contributed by atoms with Gasteiger partial charge in [-0.2, -0.15) is 0 Å². The predicted molar refractivity (Wildman–Crippen MR) is 98.2 cm³/mol. The highest BCUT2D eigenvalue weighted by Crippen LogP contribution is 2.28. The lowest BCUT2D eigenvalue weighted by Gasteiger charge is -2.32. The van der Waals surface area contributed by atoms with Crippen LogP contribution in [-0.4, -0.2) is 34.0 Å². The molecule has 0 atom stereocenters. The fraction of sp³-hybridized carbons (Fsp3) is 0.350. The molecular weight excluding hydrogens is 351 g/mol. The fourth-order valence-corrected chi connectivity index (χ4v) is 3.64. The summed E-state index contributed by atoms with van der Waals surface area (Å²) in [5.74, 6) is -0.927. The minimum atomic E-state index is -1.15. The standard InChI is InChI=1S/C20H21FN2O4/c21-16-6-4-14(5-7-16)12-15-8-10-22(11-9-15)13-18-17(20(24)25)2-1-3-19(18)23(26)27/h1-7,15H,8-13H2,(H,24,25). The largest absolute Gasteiger partial charge is 0.478 e. The molecule has 0 amide bonds. The van der Waals surface area contributed by atoms with Gasteiger partial charge in [0.25, 0.3) is 5.69 Å². The number of benzene rings is 2. The minimum absolute atomic E-state index is 0.0161. The first kappa shape index (κ1) is 19.0. The summed E-state index contributed by atoms with van der Waals surface area (Å²) in [7, 11) is 0. The van der Waals surface area contributed by atoms with Crippen molar-refractivity contribution in [2.24, 2.45) is 5.92 Å².